The standard InChI is InChI=1S/C21H32O2S3/c1-2-3-4-5-6-7-8-9-10-14-17-25-21(24)26-19(20(22)23)18-15-12-11-13-16-18/h11-13,15-16,19H,2-10,14,17H2,1H3,(H,22,23). The van der Waals surface area contributed by atoms with Crippen LogP contribution in [0.1, 0.15) is 81.9 Å². The summed E-state index contributed by atoms with van der Waals surface area (Å²) in [5.41, 5.74) is 0.798. The van der Waals surface area contributed by atoms with E-state index < -0.39 is 11.2 Å². The predicted octanol–water partition coefficient (Wildman–Crippen LogP) is 7.48. The van der Waals surface area contributed by atoms with Crippen molar-refractivity contribution in [3.8, 4) is 0 Å². The molecule has 0 radical (unpaired) electrons. The molecule has 0 aliphatic heterocycles. The number of unbranched alkanes of at least 4 members (excludes halogenated alkanes) is 9. The zero-order valence-electron chi connectivity index (χ0n) is 15.8. The van der Waals surface area contributed by atoms with Crippen LogP contribution in [-0.2, 0) is 4.79 Å². The SMILES string of the molecule is CCCCCCCCCCCCSC(=S)SC(C(=O)O)c1ccccc1. The maximum Gasteiger partial charge on any atom is 0.321 e. The lowest BCUT2D eigenvalue weighted by atomic mass is 10.1. The molecule has 1 aromatic rings. The van der Waals surface area contributed by atoms with Crippen molar-refractivity contribution in [2.75, 3.05) is 5.75 Å². The Labute approximate surface area is 172 Å². The normalized spacial score (nSPS) is 12.0. The molecule has 0 aliphatic rings. The number of carbonyl (C=O) groups is 1. The fraction of sp³-hybridized carbons (Fsp3) is 0.619. The highest BCUT2D eigenvalue weighted by Gasteiger charge is 2.22. The number of aliphatic carboxylic acids is 1. The summed E-state index contributed by atoms with van der Waals surface area (Å²) in [6, 6.07) is 9.33. The van der Waals surface area contributed by atoms with Crippen molar-refractivity contribution in [1.82, 2.24) is 0 Å². The van der Waals surface area contributed by atoms with Crippen molar-refractivity contribution in [2.24, 2.45) is 0 Å². The topological polar surface area (TPSA) is 37.3 Å². The van der Waals surface area contributed by atoms with Gasteiger partial charge in [0.05, 0.1) is 0 Å². The van der Waals surface area contributed by atoms with Crippen LogP contribution in [-0.4, -0.2) is 20.4 Å². The molecule has 1 rings (SSSR count). The fourth-order valence-electron chi connectivity index (χ4n) is 2.76. The molecule has 0 saturated heterocycles. The number of thioether (sulfide) groups is 2. The van der Waals surface area contributed by atoms with E-state index in [2.05, 4.69) is 6.92 Å². The molecule has 0 heterocycles. The van der Waals surface area contributed by atoms with Crippen molar-refractivity contribution >= 4 is 45.2 Å². The zero-order valence-corrected chi connectivity index (χ0v) is 18.3. The molecule has 1 atom stereocenters. The van der Waals surface area contributed by atoms with E-state index in [1.807, 2.05) is 30.3 Å². The third kappa shape index (κ3) is 11.2. The summed E-state index contributed by atoms with van der Waals surface area (Å²) in [6.07, 6.45) is 13.3. The van der Waals surface area contributed by atoms with Crippen LogP contribution < -0.4 is 0 Å². The summed E-state index contributed by atoms with van der Waals surface area (Å²) in [4.78, 5) is 11.5. The molecular formula is C21H32O2S3. The molecule has 1 N–H and O–H groups in total. The van der Waals surface area contributed by atoms with Crippen LogP contribution in [0.3, 0.4) is 0 Å². The van der Waals surface area contributed by atoms with Crippen LogP contribution in [0.2, 0.25) is 0 Å². The van der Waals surface area contributed by atoms with Crippen molar-refractivity contribution in [3.05, 3.63) is 35.9 Å². The third-order valence-electron chi connectivity index (χ3n) is 4.26. The van der Waals surface area contributed by atoms with E-state index in [1.54, 1.807) is 11.8 Å². The number of thiocarbonyl (C=S) groups is 1. The molecule has 5 heteroatoms. The molecule has 146 valence electrons. The Kier molecular flexibility index (Phi) is 14.0. The molecule has 0 spiro atoms. The van der Waals surface area contributed by atoms with Gasteiger partial charge in [-0.1, -0.05) is 119 Å². The summed E-state index contributed by atoms with van der Waals surface area (Å²) in [5, 5.41) is 8.84. The first kappa shape index (κ1) is 23.5. The summed E-state index contributed by atoms with van der Waals surface area (Å²) in [5.74, 6) is 0.159. The molecule has 0 amide bonds. The zero-order chi connectivity index (χ0) is 19.0. The second-order valence-electron chi connectivity index (χ2n) is 6.53. The Morgan fingerprint density at radius 2 is 1.50 bits per heavy atom. The molecular weight excluding hydrogens is 380 g/mol. The average molecular weight is 413 g/mol. The van der Waals surface area contributed by atoms with Gasteiger partial charge in [0.2, 0.25) is 0 Å². The minimum Gasteiger partial charge on any atom is -0.480 e. The largest absolute Gasteiger partial charge is 0.480 e. The van der Waals surface area contributed by atoms with E-state index in [9.17, 15) is 9.90 Å². The lowest BCUT2D eigenvalue weighted by Gasteiger charge is -2.12. The molecule has 1 aromatic carbocycles. The van der Waals surface area contributed by atoms with E-state index in [-0.39, 0.29) is 0 Å². The number of benzene rings is 1. The number of hydrogen-bond donors (Lipinski definition) is 1. The Morgan fingerprint density at radius 1 is 0.962 bits per heavy atom. The van der Waals surface area contributed by atoms with E-state index >= 15 is 0 Å². The molecule has 26 heavy (non-hydrogen) atoms. The summed E-state index contributed by atoms with van der Waals surface area (Å²) < 4.78 is 0.733. The maximum absolute atomic E-state index is 11.5. The Hall–Kier alpha value is -0.520. The molecule has 0 bridgehead atoms. The highest BCUT2D eigenvalue weighted by molar-refractivity contribution is 8.47. The summed E-state index contributed by atoms with van der Waals surface area (Å²) >= 11 is 8.29. The third-order valence-corrected chi connectivity index (χ3v) is 7.17. The van der Waals surface area contributed by atoms with E-state index in [1.165, 1.54) is 69.5 Å². The van der Waals surface area contributed by atoms with Crippen LogP contribution in [0.4, 0.5) is 0 Å². The Balaban J connectivity index is 2.08. The van der Waals surface area contributed by atoms with Gasteiger partial charge < -0.3 is 5.11 Å². The quantitative estimate of drug-likeness (QED) is 0.253. The smallest absolute Gasteiger partial charge is 0.321 e. The molecule has 2 nitrogen and oxygen atoms in total. The second kappa shape index (κ2) is 15.5. The first-order chi connectivity index (χ1) is 12.6. The highest BCUT2D eigenvalue weighted by atomic mass is 32.2. The van der Waals surface area contributed by atoms with Gasteiger partial charge in [0, 0.05) is 0 Å². The van der Waals surface area contributed by atoms with Crippen molar-refractivity contribution in [2.45, 2.75) is 76.4 Å². The Morgan fingerprint density at radius 3 is 2.04 bits per heavy atom. The second-order valence-corrected chi connectivity index (χ2v) is 9.93. The number of carboxylic acids is 1. The van der Waals surface area contributed by atoms with Crippen LogP contribution in [0.15, 0.2) is 30.3 Å². The van der Waals surface area contributed by atoms with Gasteiger partial charge >= 0.3 is 5.97 Å². The van der Waals surface area contributed by atoms with Gasteiger partial charge in [-0.25, -0.2) is 0 Å². The first-order valence-electron chi connectivity index (χ1n) is 9.76. The summed E-state index contributed by atoms with van der Waals surface area (Å²) in [6.45, 7) is 2.26. The fourth-order valence-corrected chi connectivity index (χ4v) is 5.22. The number of hydrogen-bond acceptors (Lipinski definition) is 4. The van der Waals surface area contributed by atoms with Crippen molar-refractivity contribution in [1.29, 1.82) is 0 Å². The van der Waals surface area contributed by atoms with Gasteiger partial charge in [-0.2, -0.15) is 0 Å². The molecule has 0 fully saturated rings. The monoisotopic (exact) mass is 412 g/mol. The number of rotatable bonds is 14. The van der Waals surface area contributed by atoms with Crippen LogP contribution in [0, 0.1) is 0 Å². The van der Waals surface area contributed by atoms with Crippen LogP contribution in [0.25, 0.3) is 0 Å². The molecule has 0 saturated carbocycles. The molecule has 1 unspecified atom stereocenters. The lowest BCUT2D eigenvalue weighted by Crippen LogP contribution is -2.09. The van der Waals surface area contributed by atoms with Gasteiger partial charge in [0.1, 0.15) is 8.78 Å². The molecule has 0 aromatic heterocycles. The van der Waals surface area contributed by atoms with Gasteiger partial charge in [0.15, 0.2) is 0 Å². The first-order valence-corrected chi connectivity index (χ1v) is 12.0. The molecule has 0 aliphatic carbocycles. The Bertz CT molecular complexity index is 505. The van der Waals surface area contributed by atoms with Gasteiger partial charge in [-0.15, -0.1) is 11.8 Å². The minimum absolute atomic E-state index is 0.607. The van der Waals surface area contributed by atoms with Crippen LogP contribution >= 0.6 is 35.7 Å². The van der Waals surface area contributed by atoms with Gasteiger partial charge in [0.25, 0.3) is 0 Å². The summed E-state index contributed by atoms with van der Waals surface area (Å²) in [7, 11) is 0. The average Bonchev–Trinajstić information content (AvgIpc) is 2.64. The van der Waals surface area contributed by atoms with E-state index in [4.69, 9.17) is 12.2 Å². The highest BCUT2D eigenvalue weighted by Crippen LogP contribution is 2.34. The van der Waals surface area contributed by atoms with Crippen molar-refractivity contribution in [3.63, 3.8) is 0 Å². The lowest BCUT2D eigenvalue weighted by molar-refractivity contribution is -0.136. The van der Waals surface area contributed by atoms with Crippen LogP contribution in [0.5, 0.6) is 0 Å². The maximum atomic E-state index is 11.5. The number of carboxylic acid groups (broad SMARTS) is 1. The van der Waals surface area contributed by atoms with E-state index in [0.717, 1.165) is 21.3 Å². The van der Waals surface area contributed by atoms with E-state index in [0.29, 0.717) is 0 Å². The predicted molar refractivity (Wildman–Crippen MR) is 121 cm³/mol. The van der Waals surface area contributed by atoms with Crippen molar-refractivity contribution < 1.29 is 9.90 Å². The van der Waals surface area contributed by atoms with Gasteiger partial charge in [-0.05, 0) is 17.7 Å². The minimum atomic E-state index is -0.830. The van der Waals surface area contributed by atoms with Gasteiger partial charge in [-0.3, -0.25) is 4.79 Å².